The fourth-order valence-electron chi connectivity index (χ4n) is 0.877. The molecule has 0 amide bonds. The number of rotatable bonds is 1. The lowest BCUT2D eigenvalue weighted by atomic mass is 10.2. The van der Waals surface area contributed by atoms with Crippen LogP contribution in [0, 0.1) is 11.3 Å². The van der Waals surface area contributed by atoms with Gasteiger partial charge in [0.25, 0.3) is 0 Å². The van der Waals surface area contributed by atoms with Crippen molar-refractivity contribution in [3.8, 4) is 6.07 Å². The van der Waals surface area contributed by atoms with E-state index in [9.17, 15) is 0 Å². The SMILES string of the molecule is CNC(=S)Nc1ccc(C#N)c(Cl)c1. The molecule has 72 valence electrons. The molecule has 0 aromatic heterocycles. The normalized spacial score (nSPS) is 8.93. The summed E-state index contributed by atoms with van der Waals surface area (Å²) in [7, 11) is 1.72. The average molecular weight is 226 g/mol. The van der Waals surface area contributed by atoms with Gasteiger partial charge in [-0.15, -0.1) is 0 Å². The van der Waals surface area contributed by atoms with E-state index in [0.29, 0.717) is 15.7 Å². The molecular weight excluding hydrogens is 218 g/mol. The highest BCUT2D eigenvalue weighted by molar-refractivity contribution is 7.80. The third-order valence-corrected chi connectivity index (χ3v) is 2.19. The summed E-state index contributed by atoms with van der Waals surface area (Å²) in [5.74, 6) is 0. The van der Waals surface area contributed by atoms with E-state index in [-0.39, 0.29) is 0 Å². The van der Waals surface area contributed by atoms with E-state index >= 15 is 0 Å². The van der Waals surface area contributed by atoms with Crippen molar-refractivity contribution in [3.63, 3.8) is 0 Å². The zero-order valence-corrected chi connectivity index (χ0v) is 9.04. The Balaban J connectivity index is 2.88. The fraction of sp³-hybridized carbons (Fsp3) is 0.111. The molecule has 0 aliphatic rings. The Morgan fingerprint density at radius 2 is 2.29 bits per heavy atom. The van der Waals surface area contributed by atoms with Gasteiger partial charge in [-0.3, -0.25) is 0 Å². The number of benzene rings is 1. The third-order valence-electron chi connectivity index (χ3n) is 1.57. The van der Waals surface area contributed by atoms with E-state index in [2.05, 4.69) is 10.6 Å². The molecule has 1 aromatic carbocycles. The van der Waals surface area contributed by atoms with Crippen LogP contribution in [0.4, 0.5) is 5.69 Å². The second-order valence-electron chi connectivity index (χ2n) is 2.51. The van der Waals surface area contributed by atoms with E-state index in [0.717, 1.165) is 5.69 Å². The third kappa shape index (κ3) is 2.59. The van der Waals surface area contributed by atoms with Gasteiger partial charge in [0.15, 0.2) is 5.11 Å². The molecular formula is C9H8ClN3S. The van der Waals surface area contributed by atoms with Crippen molar-refractivity contribution in [3.05, 3.63) is 28.8 Å². The van der Waals surface area contributed by atoms with Crippen molar-refractivity contribution in [2.75, 3.05) is 12.4 Å². The quantitative estimate of drug-likeness (QED) is 0.719. The zero-order chi connectivity index (χ0) is 10.6. The van der Waals surface area contributed by atoms with Gasteiger partial charge in [-0.25, -0.2) is 0 Å². The number of thiocarbonyl (C=S) groups is 1. The molecule has 3 nitrogen and oxygen atoms in total. The number of halogens is 1. The number of hydrogen-bond donors (Lipinski definition) is 2. The van der Waals surface area contributed by atoms with Crippen molar-refractivity contribution < 1.29 is 0 Å². The van der Waals surface area contributed by atoms with Gasteiger partial charge in [-0.2, -0.15) is 5.26 Å². The topological polar surface area (TPSA) is 47.8 Å². The molecule has 0 bridgehead atoms. The van der Waals surface area contributed by atoms with Crippen molar-refractivity contribution in [2.24, 2.45) is 0 Å². The number of hydrogen-bond acceptors (Lipinski definition) is 2. The molecule has 2 N–H and O–H groups in total. The van der Waals surface area contributed by atoms with Crippen molar-refractivity contribution in [1.82, 2.24) is 5.32 Å². The predicted octanol–water partition coefficient (Wildman–Crippen LogP) is 2.13. The highest BCUT2D eigenvalue weighted by Gasteiger charge is 2.01. The minimum Gasteiger partial charge on any atom is -0.366 e. The summed E-state index contributed by atoms with van der Waals surface area (Å²) in [5.41, 5.74) is 1.21. The Hall–Kier alpha value is -1.31. The summed E-state index contributed by atoms with van der Waals surface area (Å²) in [5, 5.41) is 15.2. The Morgan fingerprint density at radius 1 is 1.57 bits per heavy atom. The highest BCUT2D eigenvalue weighted by Crippen LogP contribution is 2.19. The Labute approximate surface area is 92.7 Å². The maximum atomic E-state index is 8.64. The Bertz CT molecular complexity index is 398. The van der Waals surface area contributed by atoms with Gasteiger partial charge >= 0.3 is 0 Å². The number of anilines is 1. The van der Waals surface area contributed by atoms with Gasteiger partial charge in [0.05, 0.1) is 10.6 Å². The minimum atomic E-state index is 0.413. The molecule has 14 heavy (non-hydrogen) atoms. The van der Waals surface area contributed by atoms with Crippen LogP contribution in [0.1, 0.15) is 5.56 Å². The number of nitriles is 1. The smallest absolute Gasteiger partial charge is 0.170 e. The van der Waals surface area contributed by atoms with Crippen LogP contribution in [0.5, 0.6) is 0 Å². The van der Waals surface area contributed by atoms with Crippen molar-refractivity contribution in [1.29, 1.82) is 5.26 Å². The predicted molar refractivity (Wildman–Crippen MR) is 61.4 cm³/mol. The second-order valence-corrected chi connectivity index (χ2v) is 3.33. The van der Waals surface area contributed by atoms with Crippen LogP contribution in [-0.4, -0.2) is 12.2 Å². The first kappa shape index (κ1) is 10.8. The van der Waals surface area contributed by atoms with Gasteiger partial charge in [0, 0.05) is 12.7 Å². The largest absolute Gasteiger partial charge is 0.366 e. The molecule has 0 spiro atoms. The molecule has 1 aromatic rings. The molecule has 1 rings (SSSR count). The van der Waals surface area contributed by atoms with Crippen LogP contribution in [0.2, 0.25) is 5.02 Å². The first-order valence-corrected chi connectivity index (χ1v) is 4.64. The highest BCUT2D eigenvalue weighted by atomic mass is 35.5. The van der Waals surface area contributed by atoms with Gasteiger partial charge in [0.1, 0.15) is 6.07 Å². The summed E-state index contributed by atoms with van der Waals surface area (Å²) < 4.78 is 0. The average Bonchev–Trinajstić information content (AvgIpc) is 2.18. The summed E-state index contributed by atoms with van der Waals surface area (Å²) in [4.78, 5) is 0. The summed E-state index contributed by atoms with van der Waals surface area (Å²) in [6.07, 6.45) is 0. The van der Waals surface area contributed by atoms with Gasteiger partial charge < -0.3 is 10.6 Å². The standard InChI is InChI=1S/C9H8ClN3S/c1-12-9(14)13-7-3-2-6(5-11)8(10)4-7/h2-4H,1H3,(H2,12,13,14). The van der Waals surface area contributed by atoms with Gasteiger partial charge in [0.2, 0.25) is 0 Å². The monoisotopic (exact) mass is 225 g/mol. The molecule has 0 unspecified atom stereocenters. The summed E-state index contributed by atoms with van der Waals surface area (Å²) in [6.45, 7) is 0. The van der Waals surface area contributed by atoms with E-state index in [1.54, 1.807) is 25.2 Å². The lowest BCUT2D eigenvalue weighted by Crippen LogP contribution is -2.24. The minimum absolute atomic E-state index is 0.413. The van der Waals surface area contributed by atoms with E-state index in [1.165, 1.54) is 0 Å². The maximum absolute atomic E-state index is 8.64. The second kappa shape index (κ2) is 4.80. The van der Waals surface area contributed by atoms with Crippen LogP contribution in [0.25, 0.3) is 0 Å². The van der Waals surface area contributed by atoms with E-state index < -0.39 is 0 Å². The summed E-state index contributed by atoms with van der Waals surface area (Å²) >= 11 is 10.7. The van der Waals surface area contributed by atoms with Crippen LogP contribution in [0.15, 0.2) is 18.2 Å². The Kier molecular flexibility index (Phi) is 3.69. The van der Waals surface area contributed by atoms with Crippen LogP contribution in [-0.2, 0) is 0 Å². The zero-order valence-electron chi connectivity index (χ0n) is 7.47. The molecule has 0 saturated carbocycles. The van der Waals surface area contributed by atoms with Crippen molar-refractivity contribution in [2.45, 2.75) is 0 Å². The lowest BCUT2D eigenvalue weighted by Gasteiger charge is -2.07. The number of nitrogens with one attached hydrogen (secondary N) is 2. The van der Waals surface area contributed by atoms with Gasteiger partial charge in [-0.05, 0) is 30.4 Å². The molecule has 0 heterocycles. The number of nitrogens with zero attached hydrogens (tertiary/aromatic N) is 1. The molecule has 0 saturated heterocycles. The molecule has 0 aliphatic carbocycles. The maximum Gasteiger partial charge on any atom is 0.170 e. The van der Waals surface area contributed by atoms with Crippen LogP contribution >= 0.6 is 23.8 Å². The molecule has 0 aliphatic heterocycles. The van der Waals surface area contributed by atoms with Gasteiger partial charge in [-0.1, -0.05) is 11.6 Å². The Morgan fingerprint density at radius 3 is 2.79 bits per heavy atom. The van der Waals surface area contributed by atoms with Crippen LogP contribution < -0.4 is 10.6 Å². The van der Waals surface area contributed by atoms with E-state index in [4.69, 9.17) is 29.1 Å². The van der Waals surface area contributed by atoms with E-state index in [1.807, 2.05) is 6.07 Å². The van der Waals surface area contributed by atoms with Crippen LogP contribution in [0.3, 0.4) is 0 Å². The first-order valence-electron chi connectivity index (χ1n) is 3.85. The first-order chi connectivity index (χ1) is 6.67. The van der Waals surface area contributed by atoms with Crippen molar-refractivity contribution >= 4 is 34.6 Å². The molecule has 0 radical (unpaired) electrons. The lowest BCUT2D eigenvalue weighted by molar-refractivity contribution is 1.20. The molecule has 5 heteroatoms. The fourth-order valence-corrected chi connectivity index (χ4v) is 1.22. The summed E-state index contributed by atoms with van der Waals surface area (Å²) in [6, 6.07) is 7.02. The molecule has 0 fully saturated rings. The molecule has 0 atom stereocenters.